The van der Waals surface area contributed by atoms with Crippen LogP contribution in [0.25, 0.3) is 38.0 Å². The predicted octanol–water partition coefficient (Wildman–Crippen LogP) is 6.17. The van der Waals surface area contributed by atoms with Crippen molar-refractivity contribution in [1.82, 2.24) is 0 Å². The maximum Gasteiger partial charge on any atom is 0.220 e. The Hall–Kier alpha value is -3.44. The van der Waals surface area contributed by atoms with Crippen molar-refractivity contribution in [3.8, 4) is 22.4 Å². The molecule has 0 amide bonds. The van der Waals surface area contributed by atoms with E-state index in [-0.39, 0.29) is 0 Å². The van der Waals surface area contributed by atoms with Crippen LogP contribution in [0.5, 0.6) is 0 Å². The van der Waals surface area contributed by atoms with Crippen LogP contribution >= 0.6 is 0 Å². The van der Waals surface area contributed by atoms with E-state index in [1.54, 1.807) is 0 Å². The molecule has 4 aromatic rings. The summed E-state index contributed by atoms with van der Waals surface area (Å²) >= 11 is 0. The van der Waals surface area contributed by atoms with Gasteiger partial charge in [-0.25, -0.2) is 4.85 Å². The van der Waals surface area contributed by atoms with Crippen molar-refractivity contribution in [3.63, 3.8) is 0 Å². The molecule has 4 rings (SSSR count). The van der Waals surface area contributed by atoms with E-state index in [9.17, 15) is 0 Å². The number of rotatable bonds is 2. The topological polar surface area (TPSA) is 8.24 Å². The Labute approximate surface area is 161 Å². The number of hydrogen-bond donors (Lipinski definition) is 0. The van der Waals surface area contributed by atoms with Crippen molar-refractivity contribution >= 4 is 16.5 Å². The molecule has 0 saturated carbocycles. The number of fused-ring (bicyclic) bond motifs is 1. The SMILES string of the molecule is [2H]c1c(C)[n+](C)c(-c2ccc(-c3ccccc3)cc2C)c2ccc([N+]#[C-])cc12. The van der Waals surface area contributed by atoms with E-state index in [0.717, 1.165) is 27.7 Å². The highest BCUT2D eigenvalue weighted by atomic mass is 14.9. The summed E-state index contributed by atoms with van der Waals surface area (Å²) in [5.41, 5.74) is 7.25. The highest BCUT2D eigenvalue weighted by Crippen LogP contribution is 2.33. The molecule has 130 valence electrons. The lowest BCUT2D eigenvalue weighted by Crippen LogP contribution is -2.35. The second-order valence-corrected chi connectivity index (χ2v) is 6.86. The molecule has 1 heterocycles. The average molecular weight is 350 g/mol. The standard InChI is InChI=1S/C25H21N2/c1-17-14-20(19-8-6-5-7-9-19)10-12-23(17)25-24-13-11-22(26-3)16-21(24)15-18(2)27(25)4/h5-16H,1-2,4H3/q+1/i15D. The van der Waals surface area contributed by atoms with Crippen molar-refractivity contribution in [2.75, 3.05) is 0 Å². The third-order valence-electron chi connectivity index (χ3n) is 5.13. The molecule has 0 bridgehead atoms. The molecule has 0 fully saturated rings. The molecule has 27 heavy (non-hydrogen) atoms. The van der Waals surface area contributed by atoms with Gasteiger partial charge in [-0.2, -0.15) is 4.57 Å². The van der Waals surface area contributed by atoms with Gasteiger partial charge in [0.1, 0.15) is 7.05 Å². The normalized spacial score (nSPS) is 11.3. The van der Waals surface area contributed by atoms with Crippen LogP contribution in [-0.2, 0) is 7.05 Å². The number of benzene rings is 3. The van der Waals surface area contributed by atoms with Gasteiger partial charge in [-0.15, -0.1) is 0 Å². The molecule has 0 atom stereocenters. The van der Waals surface area contributed by atoms with Crippen molar-refractivity contribution in [1.29, 1.82) is 0 Å². The van der Waals surface area contributed by atoms with Crippen LogP contribution in [0.1, 0.15) is 12.6 Å². The van der Waals surface area contributed by atoms with Crippen molar-refractivity contribution in [3.05, 3.63) is 95.4 Å². The van der Waals surface area contributed by atoms with E-state index >= 15 is 0 Å². The molecule has 2 heteroatoms. The van der Waals surface area contributed by atoms with E-state index in [0.29, 0.717) is 11.7 Å². The summed E-state index contributed by atoms with van der Waals surface area (Å²) in [6, 6.07) is 23.0. The number of pyridine rings is 1. The van der Waals surface area contributed by atoms with Crippen molar-refractivity contribution < 1.29 is 5.94 Å². The summed E-state index contributed by atoms with van der Waals surface area (Å²) < 4.78 is 10.6. The fraction of sp³-hybridized carbons (Fsp3) is 0.120. The lowest BCUT2D eigenvalue weighted by Gasteiger charge is -2.12. The van der Waals surface area contributed by atoms with Gasteiger partial charge in [-0.1, -0.05) is 54.6 Å². The first-order chi connectivity index (χ1) is 13.5. The molecule has 0 saturated heterocycles. The Kier molecular flexibility index (Phi) is 3.92. The van der Waals surface area contributed by atoms with Crippen LogP contribution in [0.15, 0.2) is 72.8 Å². The molecule has 0 N–H and O–H groups in total. The molecule has 0 aliphatic rings. The van der Waals surface area contributed by atoms with Gasteiger partial charge < -0.3 is 0 Å². The van der Waals surface area contributed by atoms with E-state index in [2.05, 4.69) is 58.8 Å². The van der Waals surface area contributed by atoms with Gasteiger partial charge in [0.05, 0.1) is 13.3 Å². The van der Waals surface area contributed by atoms with Crippen molar-refractivity contribution in [2.24, 2.45) is 7.05 Å². The largest absolute Gasteiger partial charge is 0.238 e. The summed E-state index contributed by atoms with van der Waals surface area (Å²) in [5, 5.41) is 1.83. The maximum absolute atomic E-state index is 8.54. The van der Waals surface area contributed by atoms with E-state index < -0.39 is 0 Å². The van der Waals surface area contributed by atoms with Gasteiger partial charge in [0, 0.05) is 18.5 Å². The summed E-state index contributed by atoms with van der Waals surface area (Å²) in [5.74, 6) is 0. The van der Waals surface area contributed by atoms with E-state index in [1.165, 1.54) is 16.7 Å². The first kappa shape index (κ1) is 15.8. The molecular formula is C25H21N2+. The second kappa shape index (κ2) is 6.70. The van der Waals surface area contributed by atoms with Gasteiger partial charge in [0.15, 0.2) is 11.4 Å². The van der Waals surface area contributed by atoms with Gasteiger partial charge >= 0.3 is 0 Å². The molecule has 0 spiro atoms. The average Bonchev–Trinajstić information content (AvgIpc) is 2.73. The minimum atomic E-state index is 0.477. The van der Waals surface area contributed by atoms with Crippen LogP contribution in [0.4, 0.5) is 5.69 Å². The smallest absolute Gasteiger partial charge is 0.220 e. The lowest BCUT2D eigenvalue weighted by molar-refractivity contribution is -0.665. The zero-order chi connectivity index (χ0) is 19.8. The minimum Gasteiger partial charge on any atom is -0.238 e. The van der Waals surface area contributed by atoms with Crippen LogP contribution in [0.2, 0.25) is 0 Å². The fourth-order valence-corrected chi connectivity index (χ4v) is 3.60. The Morgan fingerprint density at radius 3 is 2.41 bits per heavy atom. The third kappa shape index (κ3) is 2.98. The lowest BCUT2D eigenvalue weighted by atomic mass is 9.95. The number of hydrogen-bond acceptors (Lipinski definition) is 0. The Morgan fingerprint density at radius 2 is 1.70 bits per heavy atom. The first-order valence-electron chi connectivity index (χ1n) is 9.48. The summed E-state index contributed by atoms with van der Waals surface area (Å²) in [4.78, 5) is 3.54. The molecule has 3 aromatic carbocycles. The maximum atomic E-state index is 8.54. The van der Waals surface area contributed by atoms with Gasteiger partial charge in [0.2, 0.25) is 5.69 Å². The van der Waals surface area contributed by atoms with Gasteiger partial charge in [-0.05, 0) is 41.1 Å². The number of aryl methyl sites for hydroxylation is 1. The van der Waals surface area contributed by atoms with E-state index in [1.807, 2.05) is 38.2 Å². The number of aromatic nitrogens is 1. The fourth-order valence-electron chi connectivity index (χ4n) is 3.60. The monoisotopic (exact) mass is 350 g/mol. The van der Waals surface area contributed by atoms with Crippen molar-refractivity contribution in [2.45, 2.75) is 13.8 Å². The zero-order valence-electron chi connectivity index (χ0n) is 16.7. The van der Waals surface area contributed by atoms with Crippen LogP contribution in [0, 0.1) is 20.4 Å². The highest BCUT2D eigenvalue weighted by molar-refractivity contribution is 5.96. The predicted molar refractivity (Wildman–Crippen MR) is 112 cm³/mol. The first-order valence-corrected chi connectivity index (χ1v) is 8.98. The Balaban J connectivity index is 1.98. The Bertz CT molecular complexity index is 1250. The van der Waals surface area contributed by atoms with Gasteiger partial charge in [-0.3, -0.25) is 0 Å². The molecule has 0 radical (unpaired) electrons. The molecule has 0 aliphatic carbocycles. The second-order valence-electron chi connectivity index (χ2n) is 6.86. The Morgan fingerprint density at radius 1 is 0.926 bits per heavy atom. The molecule has 0 aliphatic heterocycles. The third-order valence-corrected chi connectivity index (χ3v) is 5.13. The zero-order valence-corrected chi connectivity index (χ0v) is 15.7. The molecular weight excluding hydrogens is 328 g/mol. The molecule has 1 aromatic heterocycles. The molecule has 0 unspecified atom stereocenters. The molecule has 2 nitrogen and oxygen atoms in total. The number of nitrogens with zero attached hydrogens (tertiary/aromatic N) is 2. The summed E-state index contributed by atoms with van der Waals surface area (Å²) in [6.07, 6.45) is 0. The van der Waals surface area contributed by atoms with Crippen LogP contribution < -0.4 is 4.57 Å². The minimum absolute atomic E-state index is 0.477. The van der Waals surface area contributed by atoms with Crippen LogP contribution in [-0.4, -0.2) is 0 Å². The summed E-state index contributed by atoms with van der Waals surface area (Å²) in [7, 11) is 2.01. The quantitative estimate of drug-likeness (QED) is 0.302. The highest BCUT2D eigenvalue weighted by Gasteiger charge is 2.20. The summed E-state index contributed by atoms with van der Waals surface area (Å²) in [6.45, 7) is 11.4. The van der Waals surface area contributed by atoms with Gasteiger partial charge in [0.25, 0.3) is 0 Å². The van der Waals surface area contributed by atoms with Crippen LogP contribution in [0.3, 0.4) is 0 Å². The van der Waals surface area contributed by atoms with E-state index in [4.69, 9.17) is 7.94 Å².